The molecule has 1 aromatic carbocycles. The van der Waals surface area contributed by atoms with Crippen LogP contribution >= 0.6 is 0 Å². The standard InChI is InChI=1S/C18H24N2O/c1-3-5-14-6-8-17(9-7-14)21-18-11-15(12-20-13-18)10-16(19)4-2/h6-9,11-13,16H,3-5,10,19H2,1-2H3. The van der Waals surface area contributed by atoms with Crippen molar-refractivity contribution < 1.29 is 4.74 Å². The van der Waals surface area contributed by atoms with E-state index in [9.17, 15) is 0 Å². The van der Waals surface area contributed by atoms with Gasteiger partial charge >= 0.3 is 0 Å². The van der Waals surface area contributed by atoms with E-state index in [1.165, 1.54) is 5.56 Å². The first kappa shape index (κ1) is 15.5. The Balaban J connectivity index is 2.03. The fourth-order valence-corrected chi connectivity index (χ4v) is 2.23. The van der Waals surface area contributed by atoms with E-state index in [2.05, 4.69) is 31.0 Å². The number of aromatic nitrogens is 1. The number of hydrogen-bond acceptors (Lipinski definition) is 3. The molecule has 1 aromatic heterocycles. The van der Waals surface area contributed by atoms with Crippen molar-refractivity contribution in [3.8, 4) is 11.5 Å². The first-order valence-electron chi connectivity index (χ1n) is 7.67. The summed E-state index contributed by atoms with van der Waals surface area (Å²) in [4.78, 5) is 4.23. The van der Waals surface area contributed by atoms with Crippen LogP contribution in [0.3, 0.4) is 0 Å². The maximum Gasteiger partial charge on any atom is 0.145 e. The normalized spacial score (nSPS) is 12.1. The van der Waals surface area contributed by atoms with E-state index in [0.717, 1.165) is 42.7 Å². The molecule has 1 unspecified atom stereocenters. The van der Waals surface area contributed by atoms with Crippen LogP contribution < -0.4 is 10.5 Å². The first-order valence-corrected chi connectivity index (χ1v) is 7.67. The molecule has 112 valence electrons. The molecule has 3 heteroatoms. The Kier molecular flexibility index (Phi) is 5.76. The molecule has 0 saturated carbocycles. The van der Waals surface area contributed by atoms with Crippen molar-refractivity contribution in [2.45, 2.75) is 45.6 Å². The van der Waals surface area contributed by atoms with Crippen LogP contribution in [0.1, 0.15) is 37.8 Å². The summed E-state index contributed by atoms with van der Waals surface area (Å²) in [6.07, 6.45) is 7.64. The number of aryl methyl sites for hydroxylation is 1. The zero-order valence-corrected chi connectivity index (χ0v) is 12.9. The molecular weight excluding hydrogens is 260 g/mol. The Morgan fingerprint density at radius 1 is 1.05 bits per heavy atom. The Labute approximate surface area is 127 Å². The van der Waals surface area contributed by atoms with Gasteiger partial charge in [-0.25, -0.2) is 0 Å². The molecule has 3 nitrogen and oxygen atoms in total. The fraction of sp³-hybridized carbons (Fsp3) is 0.389. The van der Waals surface area contributed by atoms with E-state index in [1.54, 1.807) is 6.20 Å². The van der Waals surface area contributed by atoms with Crippen LogP contribution in [0.25, 0.3) is 0 Å². The van der Waals surface area contributed by atoms with Crippen LogP contribution in [-0.2, 0) is 12.8 Å². The molecule has 0 amide bonds. The highest BCUT2D eigenvalue weighted by molar-refractivity contribution is 5.33. The third kappa shape index (κ3) is 4.87. The summed E-state index contributed by atoms with van der Waals surface area (Å²) < 4.78 is 5.86. The van der Waals surface area contributed by atoms with E-state index in [-0.39, 0.29) is 6.04 Å². The summed E-state index contributed by atoms with van der Waals surface area (Å²) in [6, 6.07) is 10.4. The summed E-state index contributed by atoms with van der Waals surface area (Å²) >= 11 is 0. The lowest BCUT2D eigenvalue weighted by Gasteiger charge is -2.10. The minimum atomic E-state index is 0.176. The lowest BCUT2D eigenvalue weighted by atomic mass is 10.1. The van der Waals surface area contributed by atoms with Gasteiger partial charge in [-0.15, -0.1) is 0 Å². The van der Waals surface area contributed by atoms with Crippen molar-refractivity contribution >= 4 is 0 Å². The fourth-order valence-electron chi connectivity index (χ4n) is 2.23. The molecule has 2 N–H and O–H groups in total. The number of pyridine rings is 1. The molecule has 0 bridgehead atoms. The third-order valence-electron chi connectivity index (χ3n) is 3.49. The van der Waals surface area contributed by atoms with Crippen molar-refractivity contribution in [3.63, 3.8) is 0 Å². The molecular formula is C18H24N2O. The van der Waals surface area contributed by atoms with Crippen molar-refractivity contribution in [3.05, 3.63) is 53.9 Å². The van der Waals surface area contributed by atoms with E-state index in [1.807, 2.05) is 24.4 Å². The quantitative estimate of drug-likeness (QED) is 0.832. The van der Waals surface area contributed by atoms with Gasteiger partial charge in [-0.2, -0.15) is 0 Å². The summed E-state index contributed by atoms with van der Waals surface area (Å²) in [5.41, 5.74) is 8.44. The van der Waals surface area contributed by atoms with Gasteiger partial charge in [-0.3, -0.25) is 4.98 Å². The Bertz CT molecular complexity index is 551. The highest BCUT2D eigenvalue weighted by atomic mass is 16.5. The number of nitrogens with two attached hydrogens (primary N) is 1. The molecule has 0 aliphatic carbocycles. The van der Waals surface area contributed by atoms with Gasteiger partial charge in [0, 0.05) is 12.2 Å². The van der Waals surface area contributed by atoms with Crippen LogP contribution in [0.5, 0.6) is 11.5 Å². The van der Waals surface area contributed by atoms with Crippen LogP contribution in [0, 0.1) is 0 Å². The predicted octanol–water partition coefficient (Wildman–Crippen LogP) is 4.11. The molecule has 0 radical (unpaired) electrons. The summed E-state index contributed by atoms with van der Waals surface area (Å²) in [5.74, 6) is 1.60. The zero-order valence-electron chi connectivity index (χ0n) is 12.9. The Morgan fingerprint density at radius 3 is 2.48 bits per heavy atom. The van der Waals surface area contributed by atoms with Crippen molar-refractivity contribution in [2.24, 2.45) is 5.73 Å². The summed E-state index contributed by atoms with van der Waals surface area (Å²) in [5, 5.41) is 0. The number of rotatable bonds is 7. The van der Waals surface area contributed by atoms with Crippen molar-refractivity contribution in [1.82, 2.24) is 4.98 Å². The number of ether oxygens (including phenoxy) is 1. The highest BCUT2D eigenvalue weighted by Crippen LogP contribution is 2.22. The van der Waals surface area contributed by atoms with Crippen molar-refractivity contribution in [1.29, 1.82) is 0 Å². The number of hydrogen-bond donors (Lipinski definition) is 1. The topological polar surface area (TPSA) is 48.1 Å². The number of benzene rings is 1. The second-order valence-electron chi connectivity index (χ2n) is 5.40. The smallest absolute Gasteiger partial charge is 0.145 e. The van der Waals surface area contributed by atoms with Crippen LogP contribution in [0.2, 0.25) is 0 Å². The lowest BCUT2D eigenvalue weighted by Crippen LogP contribution is -2.21. The molecule has 0 aliphatic rings. The molecule has 0 fully saturated rings. The molecule has 1 heterocycles. The second-order valence-corrected chi connectivity index (χ2v) is 5.40. The molecule has 2 rings (SSSR count). The van der Waals surface area contributed by atoms with Crippen LogP contribution in [0.4, 0.5) is 0 Å². The van der Waals surface area contributed by atoms with Gasteiger partial charge in [0.2, 0.25) is 0 Å². The Hall–Kier alpha value is -1.87. The molecule has 2 aromatic rings. The van der Waals surface area contributed by atoms with Gasteiger partial charge in [0.05, 0.1) is 6.20 Å². The van der Waals surface area contributed by atoms with Crippen molar-refractivity contribution in [2.75, 3.05) is 0 Å². The van der Waals surface area contributed by atoms with E-state index < -0.39 is 0 Å². The van der Waals surface area contributed by atoms with E-state index in [4.69, 9.17) is 10.5 Å². The maximum absolute atomic E-state index is 5.98. The van der Waals surface area contributed by atoms with Crippen LogP contribution in [0.15, 0.2) is 42.7 Å². The third-order valence-corrected chi connectivity index (χ3v) is 3.49. The predicted molar refractivity (Wildman–Crippen MR) is 86.7 cm³/mol. The van der Waals surface area contributed by atoms with Gasteiger partial charge in [-0.1, -0.05) is 32.4 Å². The molecule has 0 saturated heterocycles. The minimum Gasteiger partial charge on any atom is -0.456 e. The largest absolute Gasteiger partial charge is 0.456 e. The molecule has 0 spiro atoms. The van der Waals surface area contributed by atoms with Gasteiger partial charge in [0.15, 0.2) is 0 Å². The molecule has 1 atom stereocenters. The summed E-state index contributed by atoms with van der Waals surface area (Å²) in [7, 11) is 0. The van der Waals surface area contributed by atoms with Gasteiger partial charge in [0.25, 0.3) is 0 Å². The lowest BCUT2D eigenvalue weighted by molar-refractivity contribution is 0.478. The van der Waals surface area contributed by atoms with Gasteiger partial charge in [-0.05, 0) is 48.6 Å². The van der Waals surface area contributed by atoms with E-state index >= 15 is 0 Å². The molecule has 0 aliphatic heterocycles. The Morgan fingerprint density at radius 2 is 1.81 bits per heavy atom. The SMILES string of the molecule is CCCc1ccc(Oc2cncc(CC(N)CC)c2)cc1. The molecule has 21 heavy (non-hydrogen) atoms. The highest BCUT2D eigenvalue weighted by Gasteiger charge is 2.04. The monoisotopic (exact) mass is 284 g/mol. The first-order chi connectivity index (χ1) is 10.2. The summed E-state index contributed by atoms with van der Waals surface area (Å²) in [6.45, 7) is 4.28. The average Bonchev–Trinajstić information content (AvgIpc) is 2.50. The number of nitrogens with zero attached hydrogens (tertiary/aromatic N) is 1. The van der Waals surface area contributed by atoms with Gasteiger partial charge < -0.3 is 10.5 Å². The zero-order chi connectivity index (χ0) is 15.1. The van der Waals surface area contributed by atoms with E-state index in [0.29, 0.717) is 0 Å². The van der Waals surface area contributed by atoms with Crippen LogP contribution in [-0.4, -0.2) is 11.0 Å². The maximum atomic E-state index is 5.98. The van der Waals surface area contributed by atoms with Gasteiger partial charge in [0.1, 0.15) is 11.5 Å². The minimum absolute atomic E-state index is 0.176. The second kappa shape index (κ2) is 7.79. The average molecular weight is 284 g/mol.